The number of ether oxygens (including phenoxy) is 2. The summed E-state index contributed by atoms with van der Waals surface area (Å²) in [5.41, 5.74) is 0. The SMILES string of the molecule is CC(C)COCCNCCOc1ccc(Br)cc1. The zero-order valence-corrected chi connectivity index (χ0v) is 12.7. The molecule has 1 N–H and O–H groups in total. The molecule has 1 aromatic rings. The lowest BCUT2D eigenvalue weighted by molar-refractivity contribution is 0.111. The Balaban J connectivity index is 1.94. The third-order valence-corrected chi connectivity index (χ3v) is 2.76. The van der Waals surface area contributed by atoms with Crippen LogP contribution in [0.1, 0.15) is 13.8 Å². The fraction of sp³-hybridized carbons (Fsp3) is 0.571. The van der Waals surface area contributed by atoms with E-state index in [1.54, 1.807) is 0 Å². The summed E-state index contributed by atoms with van der Waals surface area (Å²) in [5, 5.41) is 3.28. The minimum absolute atomic E-state index is 0.603. The van der Waals surface area contributed by atoms with Crippen LogP contribution in [-0.2, 0) is 4.74 Å². The molecule has 0 aliphatic carbocycles. The van der Waals surface area contributed by atoms with E-state index in [0.29, 0.717) is 12.5 Å². The molecule has 0 radical (unpaired) electrons. The highest BCUT2D eigenvalue weighted by molar-refractivity contribution is 9.10. The van der Waals surface area contributed by atoms with Gasteiger partial charge in [-0.05, 0) is 30.2 Å². The van der Waals surface area contributed by atoms with Crippen LogP contribution >= 0.6 is 15.9 Å². The molecule has 0 amide bonds. The van der Waals surface area contributed by atoms with Crippen LogP contribution in [0, 0.1) is 5.92 Å². The summed E-state index contributed by atoms with van der Waals surface area (Å²) in [5.74, 6) is 1.50. The second kappa shape index (κ2) is 9.36. The normalized spacial score (nSPS) is 10.9. The van der Waals surface area contributed by atoms with Gasteiger partial charge in [0.15, 0.2) is 0 Å². The van der Waals surface area contributed by atoms with Crippen LogP contribution in [0.25, 0.3) is 0 Å². The first kappa shape index (κ1) is 15.5. The maximum Gasteiger partial charge on any atom is 0.119 e. The molecule has 0 saturated carbocycles. The number of rotatable bonds is 9. The molecule has 0 saturated heterocycles. The Morgan fingerprint density at radius 2 is 1.78 bits per heavy atom. The Bertz CT molecular complexity index is 314. The van der Waals surface area contributed by atoms with Gasteiger partial charge in [-0.3, -0.25) is 0 Å². The number of hydrogen-bond acceptors (Lipinski definition) is 3. The maximum atomic E-state index is 5.58. The van der Waals surface area contributed by atoms with E-state index in [0.717, 1.165) is 36.5 Å². The molecule has 0 heterocycles. The molecule has 0 aliphatic rings. The van der Waals surface area contributed by atoms with E-state index in [9.17, 15) is 0 Å². The molecule has 102 valence electrons. The smallest absolute Gasteiger partial charge is 0.119 e. The van der Waals surface area contributed by atoms with Gasteiger partial charge < -0.3 is 14.8 Å². The fourth-order valence-corrected chi connectivity index (χ4v) is 1.62. The molecular weight excluding hydrogens is 294 g/mol. The Morgan fingerprint density at radius 1 is 1.11 bits per heavy atom. The summed E-state index contributed by atoms with van der Waals surface area (Å²) in [6.07, 6.45) is 0. The van der Waals surface area contributed by atoms with Crippen LogP contribution in [-0.4, -0.2) is 32.9 Å². The quantitative estimate of drug-likeness (QED) is 0.710. The van der Waals surface area contributed by atoms with Gasteiger partial charge in [0.1, 0.15) is 12.4 Å². The maximum absolute atomic E-state index is 5.58. The van der Waals surface area contributed by atoms with E-state index >= 15 is 0 Å². The number of benzene rings is 1. The van der Waals surface area contributed by atoms with Crippen molar-refractivity contribution in [3.63, 3.8) is 0 Å². The first-order valence-corrected chi connectivity index (χ1v) is 7.14. The monoisotopic (exact) mass is 315 g/mol. The van der Waals surface area contributed by atoms with Crippen molar-refractivity contribution >= 4 is 15.9 Å². The van der Waals surface area contributed by atoms with Gasteiger partial charge in [-0.15, -0.1) is 0 Å². The van der Waals surface area contributed by atoms with Crippen molar-refractivity contribution in [2.24, 2.45) is 5.92 Å². The molecule has 0 aliphatic heterocycles. The second-order valence-corrected chi connectivity index (χ2v) is 5.44. The largest absolute Gasteiger partial charge is 0.492 e. The lowest BCUT2D eigenvalue weighted by Gasteiger charge is -2.09. The van der Waals surface area contributed by atoms with Crippen molar-refractivity contribution in [1.82, 2.24) is 5.32 Å². The average molecular weight is 316 g/mol. The number of hydrogen-bond donors (Lipinski definition) is 1. The predicted molar refractivity (Wildman–Crippen MR) is 78.2 cm³/mol. The molecule has 0 bridgehead atoms. The third kappa shape index (κ3) is 7.69. The summed E-state index contributed by atoms with van der Waals surface area (Å²) in [7, 11) is 0. The number of halogens is 1. The molecular formula is C14H22BrNO2. The van der Waals surface area contributed by atoms with Crippen molar-refractivity contribution < 1.29 is 9.47 Å². The van der Waals surface area contributed by atoms with Gasteiger partial charge in [0.25, 0.3) is 0 Å². The molecule has 0 aromatic heterocycles. The highest BCUT2D eigenvalue weighted by atomic mass is 79.9. The molecule has 1 aromatic carbocycles. The Labute approximate surface area is 118 Å². The third-order valence-electron chi connectivity index (χ3n) is 2.24. The molecule has 1 rings (SSSR count). The van der Waals surface area contributed by atoms with Gasteiger partial charge in [-0.25, -0.2) is 0 Å². The lowest BCUT2D eigenvalue weighted by Crippen LogP contribution is -2.25. The van der Waals surface area contributed by atoms with E-state index in [1.807, 2.05) is 24.3 Å². The standard InChI is InChI=1S/C14H22BrNO2/c1-12(2)11-17-9-7-16-8-10-18-14-5-3-13(15)4-6-14/h3-6,12,16H,7-11H2,1-2H3. The van der Waals surface area contributed by atoms with Gasteiger partial charge in [0.2, 0.25) is 0 Å². The van der Waals surface area contributed by atoms with E-state index < -0.39 is 0 Å². The first-order chi connectivity index (χ1) is 8.68. The summed E-state index contributed by atoms with van der Waals surface area (Å²) in [6, 6.07) is 7.86. The minimum Gasteiger partial charge on any atom is -0.492 e. The van der Waals surface area contributed by atoms with Crippen LogP contribution in [0.2, 0.25) is 0 Å². The van der Waals surface area contributed by atoms with Gasteiger partial charge >= 0.3 is 0 Å². The van der Waals surface area contributed by atoms with Crippen LogP contribution in [0.4, 0.5) is 0 Å². The summed E-state index contributed by atoms with van der Waals surface area (Å²) < 4.78 is 12.1. The predicted octanol–water partition coefficient (Wildman–Crippen LogP) is 3.09. The molecule has 0 fully saturated rings. The van der Waals surface area contributed by atoms with E-state index in [4.69, 9.17) is 9.47 Å². The van der Waals surface area contributed by atoms with Crippen molar-refractivity contribution in [2.45, 2.75) is 13.8 Å². The first-order valence-electron chi connectivity index (χ1n) is 6.35. The summed E-state index contributed by atoms with van der Waals surface area (Å²) in [4.78, 5) is 0. The van der Waals surface area contributed by atoms with Gasteiger partial charge in [-0.1, -0.05) is 29.8 Å². The topological polar surface area (TPSA) is 30.5 Å². The van der Waals surface area contributed by atoms with E-state index in [1.165, 1.54) is 0 Å². The molecule has 18 heavy (non-hydrogen) atoms. The molecule has 0 unspecified atom stereocenters. The highest BCUT2D eigenvalue weighted by Gasteiger charge is 1.95. The minimum atomic E-state index is 0.603. The zero-order chi connectivity index (χ0) is 13.2. The van der Waals surface area contributed by atoms with Gasteiger partial charge in [0, 0.05) is 24.2 Å². The Hall–Kier alpha value is -0.580. The summed E-state index contributed by atoms with van der Waals surface area (Å²) in [6.45, 7) is 8.27. The number of nitrogens with one attached hydrogen (secondary N) is 1. The van der Waals surface area contributed by atoms with Crippen molar-refractivity contribution in [3.8, 4) is 5.75 Å². The van der Waals surface area contributed by atoms with Crippen molar-refractivity contribution in [1.29, 1.82) is 0 Å². The van der Waals surface area contributed by atoms with Crippen LogP contribution in [0.5, 0.6) is 5.75 Å². The van der Waals surface area contributed by atoms with E-state index in [-0.39, 0.29) is 0 Å². The second-order valence-electron chi connectivity index (χ2n) is 4.52. The van der Waals surface area contributed by atoms with Crippen LogP contribution in [0.3, 0.4) is 0 Å². The zero-order valence-electron chi connectivity index (χ0n) is 11.1. The molecule has 3 nitrogen and oxygen atoms in total. The lowest BCUT2D eigenvalue weighted by atomic mass is 10.2. The van der Waals surface area contributed by atoms with E-state index in [2.05, 4.69) is 35.1 Å². The molecule has 0 atom stereocenters. The van der Waals surface area contributed by atoms with Gasteiger partial charge in [-0.2, -0.15) is 0 Å². The van der Waals surface area contributed by atoms with Crippen molar-refractivity contribution in [2.75, 3.05) is 32.9 Å². The Morgan fingerprint density at radius 3 is 2.44 bits per heavy atom. The molecule has 0 spiro atoms. The Kier molecular flexibility index (Phi) is 8.05. The van der Waals surface area contributed by atoms with Crippen molar-refractivity contribution in [3.05, 3.63) is 28.7 Å². The summed E-state index contributed by atoms with van der Waals surface area (Å²) >= 11 is 3.39. The van der Waals surface area contributed by atoms with Crippen LogP contribution < -0.4 is 10.1 Å². The van der Waals surface area contributed by atoms with Gasteiger partial charge in [0.05, 0.1) is 6.61 Å². The highest BCUT2D eigenvalue weighted by Crippen LogP contribution is 2.15. The molecule has 4 heteroatoms. The fourth-order valence-electron chi connectivity index (χ4n) is 1.36. The van der Waals surface area contributed by atoms with Crippen LogP contribution in [0.15, 0.2) is 28.7 Å². The average Bonchev–Trinajstić information content (AvgIpc) is 2.34.